The number of nitrogens with one attached hydrogen (secondary N) is 1. The van der Waals surface area contributed by atoms with Crippen LogP contribution in [0.2, 0.25) is 0 Å². The van der Waals surface area contributed by atoms with Gasteiger partial charge in [-0.25, -0.2) is 5.48 Å². The standard InChI is InChI=1S/C21H25Br2NO3/c1-26-19-4-2-3-5-20(19)27-24-21-15(12-16(22)13-18(21)23)9-6-14-7-10-17(25)11-8-14/h2-5,12-14,17,24-25H,6-11H2,1H3. The Labute approximate surface area is 177 Å². The van der Waals surface area contributed by atoms with Crippen LogP contribution in [0.3, 0.4) is 0 Å². The monoisotopic (exact) mass is 497 g/mol. The zero-order valence-corrected chi connectivity index (χ0v) is 18.6. The van der Waals surface area contributed by atoms with Crippen molar-refractivity contribution in [2.45, 2.75) is 44.6 Å². The molecule has 1 aliphatic carbocycles. The van der Waals surface area contributed by atoms with E-state index in [1.165, 1.54) is 5.56 Å². The number of rotatable bonds is 7. The molecule has 4 nitrogen and oxygen atoms in total. The quantitative estimate of drug-likeness (QED) is 0.452. The number of aryl methyl sites for hydroxylation is 1. The summed E-state index contributed by atoms with van der Waals surface area (Å²) in [4.78, 5) is 5.83. The van der Waals surface area contributed by atoms with E-state index in [0.717, 1.165) is 53.2 Å². The molecular weight excluding hydrogens is 474 g/mol. The number of hydrogen-bond acceptors (Lipinski definition) is 4. The number of aliphatic hydroxyl groups is 1. The molecule has 0 bridgehead atoms. The molecule has 0 saturated heterocycles. The van der Waals surface area contributed by atoms with Crippen molar-refractivity contribution in [3.05, 3.63) is 50.9 Å². The lowest BCUT2D eigenvalue weighted by atomic mass is 9.84. The second kappa shape index (κ2) is 9.80. The van der Waals surface area contributed by atoms with Gasteiger partial charge in [0.05, 0.1) is 18.9 Å². The van der Waals surface area contributed by atoms with Crippen molar-refractivity contribution in [1.29, 1.82) is 0 Å². The van der Waals surface area contributed by atoms with Crippen LogP contribution in [0.15, 0.2) is 45.3 Å². The van der Waals surface area contributed by atoms with Crippen LogP contribution < -0.4 is 15.1 Å². The lowest BCUT2D eigenvalue weighted by Gasteiger charge is -2.25. The highest BCUT2D eigenvalue weighted by molar-refractivity contribution is 9.11. The van der Waals surface area contributed by atoms with Crippen LogP contribution in [0, 0.1) is 5.92 Å². The number of para-hydroxylation sites is 2. The zero-order valence-electron chi connectivity index (χ0n) is 15.4. The molecule has 1 saturated carbocycles. The van der Waals surface area contributed by atoms with E-state index < -0.39 is 0 Å². The molecule has 146 valence electrons. The fourth-order valence-electron chi connectivity index (χ4n) is 3.54. The number of aliphatic hydroxyl groups excluding tert-OH is 1. The topological polar surface area (TPSA) is 50.7 Å². The van der Waals surface area contributed by atoms with Crippen molar-refractivity contribution in [1.82, 2.24) is 0 Å². The Bertz CT molecular complexity index is 761. The largest absolute Gasteiger partial charge is 0.493 e. The summed E-state index contributed by atoms with van der Waals surface area (Å²) >= 11 is 7.23. The molecule has 2 aromatic carbocycles. The first-order chi connectivity index (χ1) is 13.1. The molecule has 1 aliphatic rings. The van der Waals surface area contributed by atoms with E-state index in [0.29, 0.717) is 17.4 Å². The summed E-state index contributed by atoms with van der Waals surface area (Å²) in [6.07, 6.45) is 6.03. The van der Waals surface area contributed by atoms with Gasteiger partial charge in [0.25, 0.3) is 0 Å². The van der Waals surface area contributed by atoms with Gasteiger partial charge in [0.1, 0.15) is 0 Å². The molecule has 0 aromatic heterocycles. The molecular formula is C21H25Br2NO3. The molecule has 0 atom stereocenters. The fourth-order valence-corrected chi connectivity index (χ4v) is 4.94. The Balaban J connectivity index is 1.70. The van der Waals surface area contributed by atoms with Gasteiger partial charge in [-0.1, -0.05) is 28.1 Å². The Morgan fingerprint density at radius 1 is 1.07 bits per heavy atom. The summed E-state index contributed by atoms with van der Waals surface area (Å²) in [6, 6.07) is 11.7. The minimum Gasteiger partial charge on any atom is -0.493 e. The molecule has 0 heterocycles. The maximum absolute atomic E-state index is 9.70. The van der Waals surface area contributed by atoms with Gasteiger partial charge in [0.15, 0.2) is 11.5 Å². The second-order valence-electron chi connectivity index (χ2n) is 6.99. The maximum atomic E-state index is 9.70. The van der Waals surface area contributed by atoms with Crippen molar-refractivity contribution in [3.8, 4) is 11.5 Å². The highest BCUT2D eigenvalue weighted by Gasteiger charge is 2.20. The van der Waals surface area contributed by atoms with Crippen molar-refractivity contribution < 1.29 is 14.7 Å². The number of ether oxygens (including phenoxy) is 1. The van der Waals surface area contributed by atoms with E-state index in [2.05, 4.69) is 43.4 Å². The molecule has 0 aliphatic heterocycles. The average Bonchev–Trinajstić information content (AvgIpc) is 2.67. The Morgan fingerprint density at radius 3 is 2.48 bits per heavy atom. The van der Waals surface area contributed by atoms with E-state index in [1.54, 1.807) is 7.11 Å². The van der Waals surface area contributed by atoms with Crippen LogP contribution in [-0.4, -0.2) is 18.3 Å². The van der Waals surface area contributed by atoms with Crippen molar-refractivity contribution >= 4 is 37.5 Å². The van der Waals surface area contributed by atoms with Crippen LogP contribution in [0.4, 0.5) is 5.69 Å². The van der Waals surface area contributed by atoms with E-state index in [9.17, 15) is 5.11 Å². The second-order valence-corrected chi connectivity index (χ2v) is 8.76. The van der Waals surface area contributed by atoms with Gasteiger partial charge in [-0.05, 0) is 90.2 Å². The predicted octanol–water partition coefficient (Wildman–Crippen LogP) is 6.11. The first-order valence-electron chi connectivity index (χ1n) is 9.28. The summed E-state index contributed by atoms with van der Waals surface area (Å²) in [6.45, 7) is 0. The van der Waals surface area contributed by atoms with E-state index in [-0.39, 0.29) is 6.10 Å². The normalized spacial score (nSPS) is 19.6. The van der Waals surface area contributed by atoms with Gasteiger partial charge in [-0.3, -0.25) is 0 Å². The van der Waals surface area contributed by atoms with Crippen LogP contribution in [0.5, 0.6) is 11.5 Å². The molecule has 27 heavy (non-hydrogen) atoms. The van der Waals surface area contributed by atoms with E-state index in [4.69, 9.17) is 9.57 Å². The van der Waals surface area contributed by atoms with Crippen LogP contribution in [0.25, 0.3) is 0 Å². The molecule has 1 fully saturated rings. The third-order valence-corrected chi connectivity index (χ3v) is 6.19. The average molecular weight is 499 g/mol. The summed E-state index contributed by atoms with van der Waals surface area (Å²) in [7, 11) is 1.63. The Hall–Kier alpha value is -1.24. The maximum Gasteiger partial charge on any atom is 0.196 e. The lowest BCUT2D eigenvalue weighted by molar-refractivity contribution is 0.106. The van der Waals surface area contributed by atoms with Crippen LogP contribution >= 0.6 is 31.9 Å². The van der Waals surface area contributed by atoms with Gasteiger partial charge in [0.2, 0.25) is 0 Å². The predicted molar refractivity (Wildman–Crippen MR) is 115 cm³/mol. The molecule has 3 rings (SSSR count). The zero-order chi connectivity index (χ0) is 19.2. The molecule has 6 heteroatoms. The van der Waals surface area contributed by atoms with Gasteiger partial charge in [-0.2, -0.15) is 0 Å². The van der Waals surface area contributed by atoms with E-state index >= 15 is 0 Å². The van der Waals surface area contributed by atoms with Crippen molar-refractivity contribution in [3.63, 3.8) is 0 Å². The summed E-state index contributed by atoms with van der Waals surface area (Å²) in [5, 5.41) is 9.70. The Kier molecular flexibility index (Phi) is 7.44. The highest BCUT2D eigenvalue weighted by Crippen LogP contribution is 2.35. The summed E-state index contributed by atoms with van der Waals surface area (Å²) < 4.78 is 7.32. The SMILES string of the molecule is COc1ccccc1ONc1c(Br)cc(Br)cc1CCC1CCC(O)CC1. The molecule has 0 spiro atoms. The van der Waals surface area contributed by atoms with Gasteiger partial charge in [0, 0.05) is 8.95 Å². The number of halogens is 2. The molecule has 2 aromatic rings. The minimum atomic E-state index is -0.104. The third kappa shape index (κ3) is 5.62. The molecule has 0 unspecified atom stereocenters. The van der Waals surface area contributed by atoms with Crippen molar-refractivity contribution in [2.75, 3.05) is 12.6 Å². The van der Waals surface area contributed by atoms with E-state index in [1.807, 2.05) is 30.3 Å². The third-order valence-electron chi connectivity index (χ3n) is 5.11. The fraction of sp³-hybridized carbons (Fsp3) is 0.429. The summed E-state index contributed by atoms with van der Waals surface area (Å²) in [5.74, 6) is 2.00. The van der Waals surface area contributed by atoms with Crippen LogP contribution in [-0.2, 0) is 6.42 Å². The number of hydrogen-bond donors (Lipinski definition) is 2. The van der Waals surface area contributed by atoms with Gasteiger partial charge >= 0.3 is 0 Å². The molecule has 0 radical (unpaired) electrons. The minimum absolute atomic E-state index is 0.104. The highest BCUT2D eigenvalue weighted by atomic mass is 79.9. The van der Waals surface area contributed by atoms with Crippen LogP contribution in [0.1, 0.15) is 37.7 Å². The number of methoxy groups -OCH3 is 1. The van der Waals surface area contributed by atoms with Crippen molar-refractivity contribution in [2.24, 2.45) is 5.92 Å². The first kappa shape index (κ1) is 20.5. The molecule has 2 N–H and O–H groups in total. The molecule has 0 amide bonds. The van der Waals surface area contributed by atoms with Gasteiger partial charge < -0.3 is 14.7 Å². The Morgan fingerprint density at radius 2 is 1.78 bits per heavy atom. The lowest BCUT2D eigenvalue weighted by Crippen LogP contribution is -2.18. The number of anilines is 1. The smallest absolute Gasteiger partial charge is 0.196 e. The van der Waals surface area contributed by atoms with Gasteiger partial charge in [-0.15, -0.1) is 0 Å². The summed E-state index contributed by atoms with van der Waals surface area (Å²) in [5.41, 5.74) is 5.23. The number of benzene rings is 2. The first-order valence-corrected chi connectivity index (χ1v) is 10.9.